The minimum Gasteiger partial charge on any atom is -0.369 e. The molecular weight excluding hydrogens is 258 g/mol. The fraction of sp³-hybridized carbons (Fsp3) is 0.667. The molecule has 2 fully saturated rings. The van der Waals surface area contributed by atoms with Crippen LogP contribution in [0.15, 0.2) is 18.2 Å². The number of fused-ring (bicyclic) bond motifs is 1. The van der Waals surface area contributed by atoms with Gasteiger partial charge in [0.2, 0.25) is 0 Å². The summed E-state index contributed by atoms with van der Waals surface area (Å²) >= 11 is 0. The third kappa shape index (κ3) is 2.69. The van der Waals surface area contributed by atoms with Gasteiger partial charge in [-0.15, -0.1) is 0 Å². The van der Waals surface area contributed by atoms with Gasteiger partial charge in [0.05, 0.1) is 0 Å². The lowest BCUT2D eigenvalue weighted by Gasteiger charge is -2.38. The van der Waals surface area contributed by atoms with Crippen molar-refractivity contribution < 1.29 is 0 Å². The first-order chi connectivity index (χ1) is 10.4. The molecule has 0 unspecified atom stereocenters. The molecule has 1 saturated heterocycles. The fourth-order valence-electron chi connectivity index (χ4n) is 4.37. The van der Waals surface area contributed by atoms with Gasteiger partial charge >= 0.3 is 0 Å². The van der Waals surface area contributed by atoms with Crippen LogP contribution in [0, 0.1) is 0 Å². The Morgan fingerprint density at radius 1 is 1.00 bits per heavy atom. The fourth-order valence-corrected chi connectivity index (χ4v) is 4.37. The van der Waals surface area contributed by atoms with Crippen molar-refractivity contribution in [1.29, 1.82) is 0 Å². The molecule has 0 bridgehead atoms. The van der Waals surface area contributed by atoms with Crippen molar-refractivity contribution in [3.63, 3.8) is 0 Å². The van der Waals surface area contributed by atoms with Gasteiger partial charge in [0.25, 0.3) is 0 Å². The molecule has 3 aliphatic rings. The molecule has 2 aliphatic heterocycles. The Kier molecular flexibility index (Phi) is 3.87. The van der Waals surface area contributed by atoms with E-state index in [0.717, 1.165) is 32.2 Å². The first-order valence-electron chi connectivity index (χ1n) is 8.72. The molecular formula is C18H27N3. The maximum Gasteiger partial charge on any atom is 0.0415 e. The highest BCUT2D eigenvalue weighted by Crippen LogP contribution is 2.33. The number of nitrogens with one attached hydrogen (secondary N) is 1. The van der Waals surface area contributed by atoms with Crippen LogP contribution in [0.5, 0.6) is 0 Å². The Hall–Kier alpha value is -1.06. The molecule has 1 aromatic carbocycles. The van der Waals surface area contributed by atoms with Crippen LogP contribution >= 0.6 is 0 Å². The first-order valence-corrected chi connectivity index (χ1v) is 8.72. The van der Waals surface area contributed by atoms with Crippen molar-refractivity contribution in [3.8, 4) is 0 Å². The SMILES string of the molecule is c1cc2c(c(N3CCNCC3)c1)CN(C1CCCC1)CC2. The molecule has 3 nitrogen and oxygen atoms in total. The Labute approximate surface area is 128 Å². The van der Waals surface area contributed by atoms with E-state index in [9.17, 15) is 0 Å². The third-order valence-corrected chi connectivity index (χ3v) is 5.58. The molecule has 1 saturated carbocycles. The summed E-state index contributed by atoms with van der Waals surface area (Å²) in [4.78, 5) is 5.36. The van der Waals surface area contributed by atoms with Gasteiger partial charge in [-0.25, -0.2) is 0 Å². The van der Waals surface area contributed by atoms with E-state index in [2.05, 4.69) is 33.3 Å². The Bertz CT molecular complexity index is 487. The number of hydrogen-bond donors (Lipinski definition) is 1. The second kappa shape index (κ2) is 5.98. The second-order valence-corrected chi connectivity index (χ2v) is 6.81. The van der Waals surface area contributed by atoms with E-state index >= 15 is 0 Å². The van der Waals surface area contributed by atoms with Crippen molar-refractivity contribution >= 4 is 5.69 Å². The average molecular weight is 285 g/mol. The maximum absolute atomic E-state index is 3.47. The number of benzene rings is 1. The van der Waals surface area contributed by atoms with E-state index in [1.807, 2.05) is 0 Å². The van der Waals surface area contributed by atoms with Crippen LogP contribution in [-0.2, 0) is 13.0 Å². The summed E-state index contributed by atoms with van der Waals surface area (Å²) in [5.74, 6) is 0. The molecule has 3 heteroatoms. The summed E-state index contributed by atoms with van der Waals surface area (Å²) < 4.78 is 0. The van der Waals surface area contributed by atoms with Crippen LogP contribution in [0.3, 0.4) is 0 Å². The maximum atomic E-state index is 3.47. The van der Waals surface area contributed by atoms with Crippen LogP contribution in [0.1, 0.15) is 36.8 Å². The molecule has 2 heterocycles. The van der Waals surface area contributed by atoms with Gasteiger partial charge in [-0.1, -0.05) is 25.0 Å². The zero-order valence-corrected chi connectivity index (χ0v) is 13.0. The largest absolute Gasteiger partial charge is 0.369 e. The highest BCUT2D eigenvalue weighted by Gasteiger charge is 2.28. The second-order valence-electron chi connectivity index (χ2n) is 6.81. The molecule has 1 aromatic rings. The van der Waals surface area contributed by atoms with E-state index in [1.165, 1.54) is 50.9 Å². The van der Waals surface area contributed by atoms with Gasteiger partial charge < -0.3 is 10.2 Å². The topological polar surface area (TPSA) is 18.5 Å². The summed E-state index contributed by atoms with van der Waals surface area (Å²) in [5.41, 5.74) is 4.73. The van der Waals surface area contributed by atoms with Crippen LogP contribution in [0.25, 0.3) is 0 Å². The van der Waals surface area contributed by atoms with Crippen molar-refractivity contribution in [1.82, 2.24) is 10.2 Å². The monoisotopic (exact) mass is 285 g/mol. The van der Waals surface area contributed by atoms with Gasteiger partial charge in [0, 0.05) is 51.0 Å². The Morgan fingerprint density at radius 2 is 1.81 bits per heavy atom. The molecule has 114 valence electrons. The van der Waals surface area contributed by atoms with E-state index < -0.39 is 0 Å². The van der Waals surface area contributed by atoms with Crippen LogP contribution < -0.4 is 10.2 Å². The predicted octanol–water partition coefficient (Wildman–Crippen LogP) is 2.40. The summed E-state index contributed by atoms with van der Waals surface area (Å²) in [5, 5.41) is 3.47. The molecule has 0 atom stereocenters. The molecule has 4 rings (SSSR count). The molecule has 1 aliphatic carbocycles. The van der Waals surface area contributed by atoms with E-state index in [-0.39, 0.29) is 0 Å². The lowest BCUT2D eigenvalue weighted by Crippen LogP contribution is -2.45. The van der Waals surface area contributed by atoms with Crippen LogP contribution in [-0.4, -0.2) is 43.7 Å². The van der Waals surface area contributed by atoms with Crippen LogP contribution in [0.2, 0.25) is 0 Å². The zero-order valence-electron chi connectivity index (χ0n) is 13.0. The molecule has 0 radical (unpaired) electrons. The van der Waals surface area contributed by atoms with E-state index in [1.54, 1.807) is 11.1 Å². The predicted molar refractivity (Wildman–Crippen MR) is 87.9 cm³/mol. The number of nitrogens with zero attached hydrogens (tertiary/aromatic N) is 2. The zero-order chi connectivity index (χ0) is 14.1. The first kappa shape index (κ1) is 13.6. The van der Waals surface area contributed by atoms with Gasteiger partial charge in [-0.2, -0.15) is 0 Å². The summed E-state index contributed by atoms with van der Waals surface area (Å²) in [6.45, 7) is 6.99. The summed E-state index contributed by atoms with van der Waals surface area (Å²) in [6.07, 6.45) is 6.96. The van der Waals surface area contributed by atoms with Crippen molar-refractivity contribution in [3.05, 3.63) is 29.3 Å². The number of hydrogen-bond acceptors (Lipinski definition) is 3. The lowest BCUT2D eigenvalue weighted by molar-refractivity contribution is 0.181. The molecule has 0 amide bonds. The van der Waals surface area contributed by atoms with E-state index in [0.29, 0.717) is 0 Å². The number of piperazine rings is 1. The van der Waals surface area contributed by atoms with Crippen molar-refractivity contribution in [2.24, 2.45) is 0 Å². The van der Waals surface area contributed by atoms with Crippen molar-refractivity contribution in [2.75, 3.05) is 37.6 Å². The number of anilines is 1. The van der Waals surface area contributed by atoms with Gasteiger partial charge in [-0.3, -0.25) is 4.90 Å². The average Bonchev–Trinajstić information content (AvgIpc) is 3.09. The minimum atomic E-state index is 0.856. The van der Waals surface area contributed by atoms with Crippen LogP contribution in [0.4, 0.5) is 5.69 Å². The quantitative estimate of drug-likeness (QED) is 0.900. The Balaban J connectivity index is 1.59. The smallest absolute Gasteiger partial charge is 0.0415 e. The van der Waals surface area contributed by atoms with Gasteiger partial charge in [-0.05, 0) is 36.5 Å². The summed E-state index contributed by atoms with van der Waals surface area (Å²) in [6, 6.07) is 7.82. The normalized spacial score (nSPS) is 24.3. The number of rotatable bonds is 2. The highest BCUT2D eigenvalue weighted by molar-refractivity contribution is 5.58. The molecule has 21 heavy (non-hydrogen) atoms. The van der Waals surface area contributed by atoms with Gasteiger partial charge in [0.15, 0.2) is 0 Å². The Morgan fingerprint density at radius 3 is 2.62 bits per heavy atom. The molecule has 0 spiro atoms. The van der Waals surface area contributed by atoms with E-state index in [4.69, 9.17) is 0 Å². The van der Waals surface area contributed by atoms with Crippen molar-refractivity contribution in [2.45, 2.75) is 44.7 Å². The van der Waals surface area contributed by atoms with Gasteiger partial charge in [0.1, 0.15) is 0 Å². The highest BCUT2D eigenvalue weighted by atomic mass is 15.2. The summed E-state index contributed by atoms with van der Waals surface area (Å²) in [7, 11) is 0. The third-order valence-electron chi connectivity index (χ3n) is 5.58. The standard InChI is InChI=1S/C18H27N3/c1-2-6-16(5-1)21-11-8-15-4-3-7-18(17(15)14-21)20-12-9-19-10-13-20/h3-4,7,16,19H,1-2,5-6,8-14H2. The molecule has 1 N–H and O–H groups in total. The molecule has 0 aromatic heterocycles. The lowest BCUT2D eigenvalue weighted by atomic mass is 9.95. The minimum absolute atomic E-state index is 0.856.